The molecule has 0 unspecified atom stereocenters. The fourth-order valence-electron chi connectivity index (χ4n) is 2.95. The fourth-order valence-corrected chi connectivity index (χ4v) is 3.43. The lowest BCUT2D eigenvalue weighted by Crippen LogP contribution is -2.60. The SMILES string of the molecule is O=C(O)CCN1CCC(NC(=O)Cc2ccc(Cl)cc2Cl)(C(=O)O)CC1. The molecule has 0 saturated carbocycles. The number of aliphatic carboxylic acids is 2. The van der Waals surface area contributed by atoms with Gasteiger partial charge in [0.15, 0.2) is 0 Å². The molecule has 26 heavy (non-hydrogen) atoms. The van der Waals surface area contributed by atoms with Crippen LogP contribution in [0.4, 0.5) is 0 Å². The number of benzene rings is 1. The van der Waals surface area contributed by atoms with Gasteiger partial charge in [0.2, 0.25) is 5.91 Å². The van der Waals surface area contributed by atoms with E-state index in [0.29, 0.717) is 35.2 Å². The maximum absolute atomic E-state index is 12.4. The molecule has 7 nitrogen and oxygen atoms in total. The van der Waals surface area contributed by atoms with Crippen LogP contribution in [0.5, 0.6) is 0 Å². The van der Waals surface area contributed by atoms with Crippen LogP contribution in [0.25, 0.3) is 0 Å². The van der Waals surface area contributed by atoms with E-state index in [9.17, 15) is 19.5 Å². The molecule has 1 aliphatic heterocycles. The standard InChI is InChI=1S/C17H20Cl2N2O5/c18-12-2-1-11(13(19)10-12)9-14(22)20-17(16(25)26)4-7-21(8-5-17)6-3-15(23)24/h1-2,10H,3-9H2,(H,20,22)(H,23,24)(H,25,26). The first-order valence-corrected chi connectivity index (χ1v) is 8.90. The predicted octanol–water partition coefficient (Wildman–Crippen LogP) is 2.05. The Morgan fingerprint density at radius 2 is 1.81 bits per heavy atom. The van der Waals surface area contributed by atoms with E-state index in [-0.39, 0.29) is 25.7 Å². The van der Waals surface area contributed by atoms with Gasteiger partial charge in [0.1, 0.15) is 5.54 Å². The Morgan fingerprint density at radius 3 is 2.35 bits per heavy atom. The maximum Gasteiger partial charge on any atom is 0.329 e. The first-order valence-electron chi connectivity index (χ1n) is 8.14. The lowest BCUT2D eigenvalue weighted by atomic mass is 9.87. The van der Waals surface area contributed by atoms with Gasteiger partial charge in [0, 0.05) is 29.7 Å². The molecule has 0 radical (unpaired) electrons. The van der Waals surface area contributed by atoms with Crippen LogP contribution in [0.3, 0.4) is 0 Å². The van der Waals surface area contributed by atoms with Crippen LogP contribution in [0.1, 0.15) is 24.8 Å². The van der Waals surface area contributed by atoms with E-state index in [1.165, 1.54) is 6.07 Å². The van der Waals surface area contributed by atoms with Gasteiger partial charge in [-0.3, -0.25) is 9.59 Å². The highest BCUT2D eigenvalue weighted by atomic mass is 35.5. The highest BCUT2D eigenvalue weighted by Crippen LogP contribution is 2.25. The molecule has 142 valence electrons. The van der Waals surface area contributed by atoms with Gasteiger partial charge in [-0.1, -0.05) is 29.3 Å². The molecular formula is C17H20Cl2N2O5. The molecule has 3 N–H and O–H groups in total. The third-order valence-corrected chi connectivity index (χ3v) is 5.09. The van der Waals surface area contributed by atoms with E-state index in [2.05, 4.69) is 5.32 Å². The maximum atomic E-state index is 12.4. The van der Waals surface area contributed by atoms with Crippen LogP contribution in [0, 0.1) is 0 Å². The van der Waals surface area contributed by atoms with E-state index in [0.717, 1.165) is 0 Å². The number of carboxylic acids is 2. The molecule has 1 aromatic carbocycles. The van der Waals surface area contributed by atoms with Gasteiger partial charge >= 0.3 is 11.9 Å². The molecule has 1 saturated heterocycles. The molecule has 1 aromatic rings. The quantitative estimate of drug-likeness (QED) is 0.644. The highest BCUT2D eigenvalue weighted by molar-refractivity contribution is 6.35. The normalized spacial score (nSPS) is 16.8. The number of carbonyl (C=O) groups excluding carboxylic acids is 1. The number of nitrogens with one attached hydrogen (secondary N) is 1. The van der Waals surface area contributed by atoms with Crippen molar-refractivity contribution in [2.75, 3.05) is 19.6 Å². The minimum Gasteiger partial charge on any atom is -0.481 e. The number of carbonyl (C=O) groups is 3. The van der Waals surface area contributed by atoms with Gasteiger partial charge in [-0.2, -0.15) is 0 Å². The number of nitrogens with zero attached hydrogens (tertiary/aromatic N) is 1. The Morgan fingerprint density at radius 1 is 1.15 bits per heavy atom. The van der Waals surface area contributed by atoms with Crippen molar-refractivity contribution in [1.29, 1.82) is 0 Å². The molecule has 1 amide bonds. The Kier molecular flexibility index (Phi) is 6.86. The molecule has 0 aliphatic carbocycles. The number of amides is 1. The van der Waals surface area contributed by atoms with Crippen LogP contribution in [0.2, 0.25) is 10.0 Å². The first-order chi connectivity index (χ1) is 12.2. The van der Waals surface area contributed by atoms with Gasteiger partial charge in [0.05, 0.1) is 12.8 Å². The van der Waals surface area contributed by atoms with E-state index >= 15 is 0 Å². The van der Waals surface area contributed by atoms with E-state index < -0.39 is 23.4 Å². The predicted molar refractivity (Wildman–Crippen MR) is 96.6 cm³/mol. The van der Waals surface area contributed by atoms with E-state index in [1.807, 2.05) is 4.90 Å². The summed E-state index contributed by atoms with van der Waals surface area (Å²) in [6.07, 6.45) is 0.374. The molecule has 0 spiro atoms. The molecule has 1 heterocycles. The van der Waals surface area contributed by atoms with Crippen LogP contribution < -0.4 is 5.32 Å². The lowest BCUT2D eigenvalue weighted by Gasteiger charge is -2.39. The van der Waals surface area contributed by atoms with Gasteiger partial charge in [0.25, 0.3) is 0 Å². The summed E-state index contributed by atoms with van der Waals surface area (Å²) in [6, 6.07) is 4.77. The second-order valence-corrected chi connectivity index (χ2v) is 7.18. The number of hydrogen-bond acceptors (Lipinski definition) is 4. The second kappa shape index (κ2) is 8.70. The topological polar surface area (TPSA) is 107 Å². The Bertz CT molecular complexity index is 702. The van der Waals surface area contributed by atoms with Crippen molar-refractivity contribution in [3.05, 3.63) is 33.8 Å². The van der Waals surface area contributed by atoms with Gasteiger partial charge in [-0.25, -0.2) is 4.79 Å². The van der Waals surface area contributed by atoms with E-state index in [4.69, 9.17) is 28.3 Å². The van der Waals surface area contributed by atoms with Gasteiger partial charge in [-0.15, -0.1) is 0 Å². The molecule has 9 heteroatoms. The minimum absolute atomic E-state index is 0.00148. The highest BCUT2D eigenvalue weighted by Gasteiger charge is 2.42. The van der Waals surface area contributed by atoms with Crippen LogP contribution in [-0.2, 0) is 20.8 Å². The molecule has 1 aliphatic rings. The van der Waals surface area contributed by atoms with Crippen LogP contribution in [-0.4, -0.2) is 58.1 Å². The largest absolute Gasteiger partial charge is 0.481 e. The zero-order valence-corrected chi connectivity index (χ0v) is 15.5. The number of rotatable bonds is 7. The molecule has 1 fully saturated rings. The summed E-state index contributed by atoms with van der Waals surface area (Å²) in [6.45, 7) is 1.17. The second-order valence-electron chi connectivity index (χ2n) is 6.33. The zero-order chi connectivity index (χ0) is 19.3. The van der Waals surface area contributed by atoms with Crippen molar-refractivity contribution in [2.45, 2.75) is 31.2 Å². The number of likely N-dealkylation sites (tertiary alicyclic amines) is 1. The average Bonchev–Trinajstić information content (AvgIpc) is 2.56. The summed E-state index contributed by atoms with van der Waals surface area (Å²) in [5, 5.41) is 21.8. The van der Waals surface area contributed by atoms with Crippen molar-refractivity contribution in [3.8, 4) is 0 Å². The van der Waals surface area contributed by atoms with Crippen LogP contribution in [0.15, 0.2) is 18.2 Å². The summed E-state index contributed by atoms with van der Waals surface area (Å²) in [7, 11) is 0. The molecule has 0 aromatic heterocycles. The van der Waals surface area contributed by atoms with Crippen molar-refractivity contribution in [3.63, 3.8) is 0 Å². The summed E-state index contributed by atoms with van der Waals surface area (Å²) in [5.41, 5.74) is -0.789. The van der Waals surface area contributed by atoms with Crippen LogP contribution >= 0.6 is 23.2 Å². The van der Waals surface area contributed by atoms with E-state index in [1.54, 1.807) is 12.1 Å². The Hall–Kier alpha value is -1.83. The number of carboxylic acid groups (broad SMARTS) is 2. The van der Waals surface area contributed by atoms with Gasteiger partial charge < -0.3 is 20.4 Å². The van der Waals surface area contributed by atoms with Crippen molar-refractivity contribution >= 4 is 41.0 Å². The summed E-state index contributed by atoms with van der Waals surface area (Å²) >= 11 is 11.9. The average molecular weight is 403 g/mol. The lowest BCUT2D eigenvalue weighted by molar-refractivity contribution is -0.150. The third kappa shape index (κ3) is 5.33. The monoisotopic (exact) mass is 402 g/mol. The van der Waals surface area contributed by atoms with Gasteiger partial charge in [-0.05, 0) is 30.5 Å². The molecule has 2 rings (SSSR count). The summed E-state index contributed by atoms with van der Waals surface area (Å²) < 4.78 is 0. The molecule has 0 atom stereocenters. The fraction of sp³-hybridized carbons (Fsp3) is 0.471. The molecular weight excluding hydrogens is 383 g/mol. The summed E-state index contributed by atoms with van der Waals surface area (Å²) in [4.78, 5) is 36.7. The first kappa shape index (κ1) is 20.5. The Labute approximate surface area is 160 Å². The number of halogens is 2. The third-order valence-electron chi connectivity index (χ3n) is 4.51. The molecule has 0 bridgehead atoms. The minimum atomic E-state index is -1.35. The van der Waals surface area contributed by atoms with Crippen molar-refractivity contribution in [1.82, 2.24) is 10.2 Å². The smallest absolute Gasteiger partial charge is 0.329 e. The number of hydrogen-bond donors (Lipinski definition) is 3. The van der Waals surface area contributed by atoms with Crippen molar-refractivity contribution < 1.29 is 24.6 Å². The number of piperidine rings is 1. The van der Waals surface area contributed by atoms with Crippen molar-refractivity contribution in [2.24, 2.45) is 0 Å². The Balaban J connectivity index is 1.98. The zero-order valence-electron chi connectivity index (χ0n) is 14.0. The summed E-state index contributed by atoms with van der Waals surface area (Å²) in [5.74, 6) is -2.42.